The van der Waals surface area contributed by atoms with Gasteiger partial charge in [0.05, 0.1) is 12.4 Å². The van der Waals surface area contributed by atoms with Gasteiger partial charge >= 0.3 is 0 Å². The average molecular weight is 920 g/mol. The fourth-order valence-corrected chi connectivity index (χ4v) is 6.61. The van der Waals surface area contributed by atoms with Crippen molar-refractivity contribution in [3.8, 4) is 0 Å². The topological polar surface area (TPSA) is 50.9 Å². The van der Waals surface area contributed by atoms with Gasteiger partial charge in [0.1, 0.15) is 52.7 Å². The van der Waals surface area contributed by atoms with Crippen LogP contribution >= 0.6 is 0 Å². The molecule has 0 fully saturated rings. The fraction of sp³-hybridized carbons (Fsp3) is 0.0526. The molecule has 63 heavy (non-hydrogen) atoms. The van der Waals surface area contributed by atoms with E-state index in [-0.39, 0.29) is 18.1 Å². The number of Topliss-reactive ketones (excluding diaryl/α,β-unsaturated/α-hetero) is 2. The van der Waals surface area contributed by atoms with E-state index >= 15 is 35.1 Å². The average Bonchev–Trinajstić information content (AvgIpc) is 3.26. The molecule has 6 aromatic rings. The molecule has 0 unspecified atom stereocenters. The van der Waals surface area contributed by atoms with Crippen LogP contribution in [0.3, 0.4) is 0 Å². The maximum absolute atomic E-state index is 15.4. The largest absolute Gasteiger partial charge is 0.294 e. The van der Waals surface area contributed by atoms with Gasteiger partial charge in [-0.1, -0.05) is 24.3 Å². The first-order valence-electron chi connectivity index (χ1n) is 16.5. The molecule has 330 valence electrons. The Morgan fingerprint density at radius 1 is 0.413 bits per heavy atom. The van der Waals surface area contributed by atoms with Crippen molar-refractivity contribution in [2.75, 3.05) is 0 Å². The lowest BCUT2D eigenvalue weighted by Crippen LogP contribution is -2.81. The van der Waals surface area contributed by atoms with E-state index in [0.717, 1.165) is 0 Å². The Morgan fingerprint density at radius 3 is 0.905 bits per heavy atom. The Kier molecular flexibility index (Phi) is 13.1. The van der Waals surface area contributed by atoms with Crippen molar-refractivity contribution in [2.24, 2.45) is 0 Å². The van der Waals surface area contributed by atoms with Crippen molar-refractivity contribution < 1.29 is 102 Å². The van der Waals surface area contributed by atoms with E-state index in [4.69, 9.17) is 0 Å². The highest BCUT2D eigenvalue weighted by molar-refractivity contribution is 7.20. The van der Waals surface area contributed by atoms with E-state index in [2.05, 4.69) is 4.98 Å². The number of rotatable bonds is 8. The van der Waals surface area contributed by atoms with Crippen LogP contribution in [0.4, 0.5) is 87.8 Å². The van der Waals surface area contributed by atoms with E-state index in [9.17, 15) is 62.3 Å². The summed E-state index contributed by atoms with van der Waals surface area (Å²) in [4.78, 5) is 27.5. The number of ketones is 2. The van der Waals surface area contributed by atoms with Gasteiger partial charge in [-0.2, -0.15) is 4.57 Å². The normalized spacial score (nSPS) is 11.4. The molecule has 0 atom stereocenters. The molecule has 5 aromatic carbocycles. The maximum atomic E-state index is 15.4. The molecule has 0 amide bonds. The standard InChI is InChI=1S/C24BF20.C14H13N2O2/c26-5-1(6(27)14(35)21(42)13(5)34)25(2-7(28)15(36)22(43)16(37)8(2)29,3-9(30)17(38)23(44)18(39)10(3)31)4-11(32)19(40)24(45)20(41)12(4)33;1-11(17)12-4-2-3-5-13(12)14(18)10-16-8-6-15-7-9-16/h;2-9H,10H2,1H3/q-1;+1. The molecule has 25 heteroatoms. The van der Waals surface area contributed by atoms with E-state index in [1.54, 1.807) is 53.6 Å². The number of halogens is 20. The molecule has 1 heterocycles. The number of benzene rings is 5. The van der Waals surface area contributed by atoms with Gasteiger partial charge < -0.3 is 0 Å². The minimum atomic E-state index is -7.22. The smallest absolute Gasteiger partial charge is 0.228 e. The van der Waals surface area contributed by atoms with Crippen molar-refractivity contribution in [2.45, 2.75) is 13.5 Å². The first-order chi connectivity index (χ1) is 29.4. The molecule has 0 bridgehead atoms. The van der Waals surface area contributed by atoms with Gasteiger partial charge in [-0.15, -0.1) is 21.9 Å². The van der Waals surface area contributed by atoms with Crippen LogP contribution in [-0.2, 0) is 6.54 Å². The molecule has 0 spiro atoms. The SMILES string of the molecule is CC(=O)c1ccccc1C(=O)C[n+]1ccncc1.Fc1c(F)c(F)c([B-](c2c(F)c(F)c(F)c(F)c2F)(c2c(F)c(F)c(F)c(F)c2F)c2c(F)c(F)c(F)c(F)c2F)c(F)c1F. The second-order valence-electron chi connectivity index (χ2n) is 12.7. The third kappa shape index (κ3) is 7.51. The summed E-state index contributed by atoms with van der Waals surface area (Å²) in [5.74, 6) is -71.6. The van der Waals surface area contributed by atoms with Gasteiger partial charge in [-0.3, -0.25) is 14.6 Å². The van der Waals surface area contributed by atoms with E-state index in [1.165, 1.54) is 6.92 Å². The lowest BCUT2D eigenvalue weighted by molar-refractivity contribution is -0.683. The van der Waals surface area contributed by atoms with E-state index in [0.29, 0.717) is 11.1 Å². The highest BCUT2D eigenvalue weighted by atomic mass is 19.2. The molecule has 0 aliphatic rings. The number of hydrogen-bond acceptors (Lipinski definition) is 3. The molecule has 0 aliphatic heterocycles. The first kappa shape index (κ1) is 47.2. The zero-order chi connectivity index (χ0) is 47.3. The van der Waals surface area contributed by atoms with Gasteiger partial charge in [-0.25, -0.2) is 87.8 Å². The summed E-state index contributed by atoms with van der Waals surface area (Å²) in [6, 6.07) is 6.87. The fourth-order valence-electron chi connectivity index (χ4n) is 6.61. The molecule has 0 N–H and O–H groups in total. The summed E-state index contributed by atoms with van der Waals surface area (Å²) in [7, 11) is 0. The third-order valence-corrected chi connectivity index (χ3v) is 9.33. The van der Waals surface area contributed by atoms with Crippen LogP contribution in [0.5, 0.6) is 0 Å². The lowest BCUT2D eigenvalue weighted by Gasteiger charge is -2.44. The van der Waals surface area contributed by atoms with Gasteiger partial charge in [0, 0.05) is 11.1 Å². The molecular weight excluding hydrogens is 907 g/mol. The minimum Gasteiger partial charge on any atom is -0.294 e. The lowest BCUT2D eigenvalue weighted by atomic mass is 9.12. The van der Waals surface area contributed by atoms with Crippen LogP contribution in [0.15, 0.2) is 49.1 Å². The van der Waals surface area contributed by atoms with Crippen molar-refractivity contribution in [3.05, 3.63) is 177 Å². The van der Waals surface area contributed by atoms with Gasteiger partial charge in [0.2, 0.25) is 12.3 Å². The van der Waals surface area contributed by atoms with Gasteiger partial charge in [0.25, 0.3) is 0 Å². The van der Waals surface area contributed by atoms with Crippen LogP contribution in [0.25, 0.3) is 0 Å². The molecule has 0 saturated heterocycles. The molecular formula is C38H13BF20N2O2. The summed E-state index contributed by atoms with van der Waals surface area (Å²) in [6.45, 7) is 1.67. The molecule has 4 nitrogen and oxygen atoms in total. The Labute approximate surface area is 336 Å². The molecule has 6 rings (SSSR count). The summed E-state index contributed by atoms with van der Waals surface area (Å²) in [5, 5.41) is 0. The molecule has 0 saturated carbocycles. The number of hydrogen-bond donors (Lipinski definition) is 0. The number of nitrogens with zero attached hydrogens (tertiary/aromatic N) is 2. The maximum Gasteiger partial charge on any atom is 0.228 e. The predicted molar refractivity (Wildman–Crippen MR) is 174 cm³/mol. The van der Waals surface area contributed by atoms with Crippen LogP contribution < -0.4 is 26.4 Å². The summed E-state index contributed by atoms with van der Waals surface area (Å²) >= 11 is 0. The van der Waals surface area contributed by atoms with Gasteiger partial charge in [0.15, 0.2) is 88.0 Å². The Hall–Kier alpha value is -6.82. The Morgan fingerprint density at radius 2 is 0.651 bits per heavy atom. The first-order valence-corrected chi connectivity index (χ1v) is 16.5. The van der Waals surface area contributed by atoms with Crippen molar-refractivity contribution >= 4 is 39.6 Å². The Bertz CT molecular complexity index is 2500. The van der Waals surface area contributed by atoms with Crippen LogP contribution in [0.2, 0.25) is 0 Å². The monoisotopic (exact) mass is 920 g/mol. The van der Waals surface area contributed by atoms with Crippen LogP contribution in [-0.4, -0.2) is 22.7 Å². The number of carbonyl (C=O) groups excluding carboxylic acids is 2. The van der Waals surface area contributed by atoms with Gasteiger partial charge in [-0.05, 0) is 6.92 Å². The van der Waals surface area contributed by atoms with Crippen molar-refractivity contribution in [1.82, 2.24) is 4.98 Å². The third-order valence-electron chi connectivity index (χ3n) is 9.33. The zero-order valence-electron chi connectivity index (χ0n) is 30.2. The Balaban J connectivity index is 0.000000345. The quantitative estimate of drug-likeness (QED) is 0.0403. The van der Waals surface area contributed by atoms with E-state index in [1.807, 2.05) is 0 Å². The minimum absolute atomic E-state index is 0.0861. The summed E-state index contributed by atoms with van der Waals surface area (Å²) in [6.07, 6.45) is -0.553. The van der Waals surface area contributed by atoms with Crippen LogP contribution in [0.1, 0.15) is 27.6 Å². The highest BCUT2D eigenvalue weighted by Gasteiger charge is 2.52. The summed E-state index contributed by atoms with van der Waals surface area (Å²) < 4.78 is 296. The highest BCUT2D eigenvalue weighted by Crippen LogP contribution is 2.30. The van der Waals surface area contributed by atoms with E-state index < -0.39 is 144 Å². The second-order valence-corrected chi connectivity index (χ2v) is 12.7. The number of carbonyl (C=O) groups is 2. The van der Waals surface area contributed by atoms with Crippen molar-refractivity contribution in [3.63, 3.8) is 0 Å². The molecule has 0 aliphatic carbocycles. The second kappa shape index (κ2) is 17.5. The zero-order valence-corrected chi connectivity index (χ0v) is 30.2. The van der Waals surface area contributed by atoms with Crippen LogP contribution in [0, 0.1) is 116 Å². The molecule has 1 aromatic heterocycles. The van der Waals surface area contributed by atoms with Crippen molar-refractivity contribution in [1.29, 1.82) is 0 Å². The summed E-state index contributed by atoms with van der Waals surface area (Å²) in [5.41, 5.74) is -13.4. The number of aromatic nitrogens is 2. The predicted octanol–water partition coefficient (Wildman–Crippen LogP) is 7.30. The molecule has 0 radical (unpaired) electrons.